The van der Waals surface area contributed by atoms with Gasteiger partial charge in [0.25, 0.3) is 5.91 Å². The van der Waals surface area contributed by atoms with E-state index in [1.165, 1.54) is 0 Å². The minimum Gasteiger partial charge on any atom is -0.327 e. The fourth-order valence-corrected chi connectivity index (χ4v) is 2.54. The van der Waals surface area contributed by atoms with Crippen molar-refractivity contribution in [2.24, 2.45) is 0 Å². The molecule has 0 bridgehead atoms. The van der Waals surface area contributed by atoms with Gasteiger partial charge in [0.2, 0.25) is 0 Å². The van der Waals surface area contributed by atoms with E-state index < -0.39 is 0 Å². The van der Waals surface area contributed by atoms with Crippen molar-refractivity contribution in [1.29, 1.82) is 0 Å². The molecular formula is C14H21N3O2. The Labute approximate surface area is 113 Å². The number of nitrogens with zero attached hydrogens (tertiary/aromatic N) is 2. The van der Waals surface area contributed by atoms with Crippen molar-refractivity contribution < 1.29 is 9.59 Å². The second-order valence-corrected chi connectivity index (χ2v) is 4.96. The Bertz CT molecular complexity index is 467. The molecule has 1 aliphatic heterocycles. The number of hydrogen-bond donors (Lipinski definition) is 1. The first-order chi connectivity index (χ1) is 9.17. The lowest BCUT2D eigenvalue weighted by molar-refractivity contribution is -0.124. The van der Waals surface area contributed by atoms with Crippen molar-refractivity contribution in [2.75, 3.05) is 6.54 Å². The van der Waals surface area contributed by atoms with Gasteiger partial charge in [-0.25, -0.2) is 0 Å². The Morgan fingerprint density at radius 1 is 1.42 bits per heavy atom. The van der Waals surface area contributed by atoms with Crippen LogP contribution >= 0.6 is 0 Å². The highest BCUT2D eigenvalue weighted by Crippen LogP contribution is 2.21. The highest BCUT2D eigenvalue weighted by Gasteiger charge is 2.32. The SMILES string of the molecule is CCC(=O)[C@@H]1CCCCN1C(=O)c1cc(CC)[nH]n1. The number of H-pyrrole nitrogens is 1. The average Bonchev–Trinajstić information content (AvgIpc) is 2.94. The van der Waals surface area contributed by atoms with Gasteiger partial charge in [0.1, 0.15) is 5.69 Å². The first-order valence-electron chi connectivity index (χ1n) is 7.05. The van der Waals surface area contributed by atoms with E-state index >= 15 is 0 Å². The van der Waals surface area contributed by atoms with Gasteiger partial charge < -0.3 is 4.90 Å². The summed E-state index contributed by atoms with van der Waals surface area (Å²) >= 11 is 0. The van der Waals surface area contributed by atoms with E-state index in [2.05, 4.69) is 10.2 Å². The first-order valence-corrected chi connectivity index (χ1v) is 7.05. The standard InChI is InChI=1S/C14H21N3O2/c1-3-10-9-11(16-15-10)14(19)17-8-6-5-7-12(17)13(18)4-2/h9,12H,3-8H2,1-2H3,(H,15,16)/t12-/m0/s1. The summed E-state index contributed by atoms with van der Waals surface area (Å²) in [5.41, 5.74) is 1.37. The van der Waals surface area contributed by atoms with Crippen LogP contribution in [0.3, 0.4) is 0 Å². The van der Waals surface area contributed by atoms with E-state index in [4.69, 9.17) is 0 Å². The molecule has 1 aromatic heterocycles. The smallest absolute Gasteiger partial charge is 0.274 e. The van der Waals surface area contributed by atoms with E-state index in [0.29, 0.717) is 18.7 Å². The Morgan fingerprint density at radius 3 is 2.84 bits per heavy atom. The second-order valence-electron chi connectivity index (χ2n) is 4.96. The van der Waals surface area contributed by atoms with Crippen LogP contribution in [0.5, 0.6) is 0 Å². The molecule has 0 unspecified atom stereocenters. The van der Waals surface area contributed by atoms with Crippen LogP contribution in [-0.2, 0) is 11.2 Å². The molecule has 2 rings (SSSR count). The number of likely N-dealkylation sites (tertiary alicyclic amines) is 1. The zero-order chi connectivity index (χ0) is 13.8. The molecule has 1 saturated heterocycles. The van der Waals surface area contributed by atoms with E-state index in [1.807, 2.05) is 13.8 Å². The number of amides is 1. The molecule has 1 N–H and O–H groups in total. The quantitative estimate of drug-likeness (QED) is 0.902. The normalized spacial score (nSPS) is 19.5. The van der Waals surface area contributed by atoms with Crippen LogP contribution in [0.1, 0.15) is 55.7 Å². The molecule has 1 aromatic rings. The number of aryl methyl sites for hydroxylation is 1. The molecule has 0 aromatic carbocycles. The maximum Gasteiger partial charge on any atom is 0.274 e. The van der Waals surface area contributed by atoms with Crippen LogP contribution in [0.15, 0.2) is 6.07 Å². The van der Waals surface area contributed by atoms with Gasteiger partial charge in [-0.2, -0.15) is 5.10 Å². The molecule has 1 fully saturated rings. The topological polar surface area (TPSA) is 66.1 Å². The second kappa shape index (κ2) is 5.99. The van der Waals surface area contributed by atoms with Crippen LogP contribution in [-0.4, -0.2) is 39.4 Å². The highest BCUT2D eigenvalue weighted by atomic mass is 16.2. The summed E-state index contributed by atoms with van der Waals surface area (Å²) in [6.07, 6.45) is 4.06. The molecular weight excluding hydrogens is 242 g/mol. The Kier molecular flexibility index (Phi) is 4.35. The largest absolute Gasteiger partial charge is 0.327 e. The van der Waals surface area contributed by atoms with E-state index in [1.54, 1.807) is 11.0 Å². The van der Waals surface area contributed by atoms with Crippen molar-refractivity contribution in [3.8, 4) is 0 Å². The lowest BCUT2D eigenvalue weighted by Crippen LogP contribution is -2.48. The summed E-state index contributed by atoms with van der Waals surface area (Å²) in [4.78, 5) is 26.1. The van der Waals surface area contributed by atoms with Gasteiger partial charge >= 0.3 is 0 Å². The Morgan fingerprint density at radius 2 is 2.21 bits per heavy atom. The summed E-state index contributed by atoms with van der Waals surface area (Å²) in [6, 6.07) is 1.53. The fourth-order valence-electron chi connectivity index (χ4n) is 2.54. The van der Waals surface area contributed by atoms with Crippen molar-refractivity contribution in [2.45, 2.75) is 52.0 Å². The number of carbonyl (C=O) groups excluding carboxylic acids is 2. The van der Waals surface area contributed by atoms with Gasteiger partial charge in [0, 0.05) is 18.7 Å². The lowest BCUT2D eigenvalue weighted by atomic mass is 9.97. The number of Topliss-reactive ketones (excluding diaryl/α,β-unsaturated/α-hetero) is 1. The van der Waals surface area contributed by atoms with Crippen molar-refractivity contribution in [1.82, 2.24) is 15.1 Å². The summed E-state index contributed by atoms with van der Waals surface area (Å²) in [6.45, 7) is 4.51. The minimum absolute atomic E-state index is 0.123. The third-order valence-electron chi connectivity index (χ3n) is 3.71. The number of carbonyl (C=O) groups is 2. The predicted octanol–water partition coefficient (Wildman–Crippen LogP) is 1.95. The predicted molar refractivity (Wildman–Crippen MR) is 71.9 cm³/mol. The van der Waals surface area contributed by atoms with Crippen LogP contribution in [0.25, 0.3) is 0 Å². The third kappa shape index (κ3) is 2.85. The number of hydrogen-bond acceptors (Lipinski definition) is 3. The van der Waals surface area contributed by atoms with Crippen molar-refractivity contribution in [3.63, 3.8) is 0 Å². The van der Waals surface area contributed by atoms with Gasteiger partial charge in [-0.05, 0) is 31.7 Å². The maximum atomic E-state index is 12.5. The monoisotopic (exact) mass is 263 g/mol. The molecule has 1 aliphatic rings. The van der Waals surface area contributed by atoms with Gasteiger partial charge in [0.15, 0.2) is 5.78 Å². The molecule has 19 heavy (non-hydrogen) atoms. The Hall–Kier alpha value is -1.65. The van der Waals surface area contributed by atoms with Crippen LogP contribution in [0, 0.1) is 0 Å². The molecule has 1 amide bonds. The molecule has 0 radical (unpaired) electrons. The highest BCUT2D eigenvalue weighted by molar-refractivity contribution is 5.96. The zero-order valence-electron chi connectivity index (χ0n) is 11.6. The van der Waals surface area contributed by atoms with Crippen LogP contribution < -0.4 is 0 Å². The van der Waals surface area contributed by atoms with Crippen LogP contribution in [0.4, 0.5) is 0 Å². The van der Waals surface area contributed by atoms with Crippen molar-refractivity contribution >= 4 is 11.7 Å². The molecule has 1 atom stereocenters. The number of piperidine rings is 1. The van der Waals surface area contributed by atoms with Gasteiger partial charge in [-0.3, -0.25) is 14.7 Å². The first kappa shape index (κ1) is 13.8. The molecule has 0 aliphatic carbocycles. The van der Waals surface area contributed by atoms with Gasteiger partial charge in [-0.15, -0.1) is 0 Å². The summed E-state index contributed by atoms with van der Waals surface area (Å²) in [5, 5.41) is 6.91. The number of nitrogens with one attached hydrogen (secondary N) is 1. The van der Waals surface area contributed by atoms with Crippen LogP contribution in [0.2, 0.25) is 0 Å². The minimum atomic E-state index is -0.256. The van der Waals surface area contributed by atoms with Gasteiger partial charge in [0.05, 0.1) is 6.04 Å². The Balaban J connectivity index is 2.17. The lowest BCUT2D eigenvalue weighted by Gasteiger charge is -2.34. The molecule has 2 heterocycles. The molecule has 5 heteroatoms. The van der Waals surface area contributed by atoms with E-state index in [9.17, 15) is 9.59 Å². The number of aromatic nitrogens is 2. The van der Waals surface area contributed by atoms with E-state index in [0.717, 1.165) is 31.4 Å². The number of rotatable bonds is 4. The molecule has 0 saturated carbocycles. The molecule has 5 nitrogen and oxygen atoms in total. The summed E-state index contributed by atoms with van der Waals surface area (Å²) in [5.74, 6) is 0.0294. The van der Waals surface area contributed by atoms with Gasteiger partial charge in [-0.1, -0.05) is 13.8 Å². The maximum absolute atomic E-state index is 12.5. The van der Waals surface area contributed by atoms with E-state index in [-0.39, 0.29) is 17.7 Å². The zero-order valence-corrected chi connectivity index (χ0v) is 11.6. The average molecular weight is 263 g/mol. The van der Waals surface area contributed by atoms with Crippen molar-refractivity contribution in [3.05, 3.63) is 17.5 Å². The molecule has 104 valence electrons. The fraction of sp³-hybridized carbons (Fsp3) is 0.643. The summed E-state index contributed by atoms with van der Waals surface area (Å²) < 4.78 is 0. The number of ketones is 1. The summed E-state index contributed by atoms with van der Waals surface area (Å²) in [7, 11) is 0. The number of aromatic amines is 1. The third-order valence-corrected chi connectivity index (χ3v) is 3.71. The molecule has 0 spiro atoms.